The zero-order valence-corrected chi connectivity index (χ0v) is 16.2. The summed E-state index contributed by atoms with van der Waals surface area (Å²) in [6, 6.07) is 8.44. The molecule has 1 aliphatic heterocycles. The van der Waals surface area contributed by atoms with Gasteiger partial charge < -0.3 is 20.5 Å². The molecule has 0 radical (unpaired) electrons. The maximum atomic E-state index is 12.4. The van der Waals surface area contributed by atoms with E-state index in [0.717, 1.165) is 11.1 Å². The van der Waals surface area contributed by atoms with Gasteiger partial charge in [-0.15, -0.1) is 0 Å². The van der Waals surface area contributed by atoms with Gasteiger partial charge in [-0.3, -0.25) is 9.59 Å². The summed E-state index contributed by atoms with van der Waals surface area (Å²) in [6.45, 7) is 1.08. The second-order valence-corrected chi connectivity index (χ2v) is 7.68. The Morgan fingerprint density at radius 2 is 2.04 bits per heavy atom. The second kappa shape index (κ2) is 7.65. The van der Waals surface area contributed by atoms with Crippen LogP contribution in [0.4, 0.5) is 5.13 Å². The number of thiazole rings is 1. The number of rotatable bonds is 4. The number of halogens is 1. The highest BCUT2D eigenvalue weighted by Crippen LogP contribution is 2.38. The largest absolute Gasteiger partial charge is 0.489 e. The molecule has 0 atom stereocenters. The van der Waals surface area contributed by atoms with Crippen LogP contribution in [0.15, 0.2) is 30.3 Å². The van der Waals surface area contributed by atoms with Gasteiger partial charge in [0.25, 0.3) is 0 Å². The van der Waals surface area contributed by atoms with E-state index in [4.69, 9.17) is 26.8 Å². The van der Waals surface area contributed by atoms with Crippen molar-refractivity contribution in [3.63, 3.8) is 0 Å². The number of benzene rings is 2. The van der Waals surface area contributed by atoms with Gasteiger partial charge in [-0.1, -0.05) is 22.9 Å². The van der Waals surface area contributed by atoms with Crippen LogP contribution in [0.2, 0.25) is 5.02 Å². The number of aromatic nitrogens is 1. The molecule has 2 aromatic carbocycles. The number of amides is 2. The molecule has 3 N–H and O–H groups in total. The lowest BCUT2D eigenvalue weighted by Crippen LogP contribution is -2.14. The molecule has 4 rings (SSSR count). The van der Waals surface area contributed by atoms with E-state index >= 15 is 0 Å². The molecular formula is C19H16ClN3O4S. The van der Waals surface area contributed by atoms with Crippen molar-refractivity contribution in [3.05, 3.63) is 46.5 Å². The van der Waals surface area contributed by atoms with E-state index < -0.39 is 5.91 Å². The van der Waals surface area contributed by atoms with E-state index in [2.05, 4.69) is 10.3 Å². The minimum Gasteiger partial charge on any atom is -0.489 e. The molecule has 3 aromatic rings. The van der Waals surface area contributed by atoms with Gasteiger partial charge in [0.1, 0.15) is 0 Å². The molecule has 1 aliphatic rings. The molecule has 0 aliphatic carbocycles. The fraction of sp³-hybridized carbons (Fsp3) is 0.211. The highest BCUT2D eigenvalue weighted by molar-refractivity contribution is 7.22. The zero-order chi connectivity index (χ0) is 19.7. The van der Waals surface area contributed by atoms with Crippen LogP contribution in [0.25, 0.3) is 10.2 Å². The standard InChI is InChI=1S/C19H16ClN3O4S/c20-12-6-10(7-14-17(12)27-5-1-4-26-14)8-16(24)23-19-22-13-3-2-11(18(21)25)9-15(13)28-19/h2-3,6-7,9H,1,4-5,8H2,(H2,21,25)(H,22,23,24). The quantitative estimate of drug-likeness (QED) is 0.677. The van der Waals surface area contributed by atoms with E-state index in [-0.39, 0.29) is 12.3 Å². The number of carbonyl (C=O) groups is 2. The zero-order valence-electron chi connectivity index (χ0n) is 14.7. The van der Waals surface area contributed by atoms with Crippen molar-refractivity contribution in [2.75, 3.05) is 18.5 Å². The Balaban J connectivity index is 1.50. The molecule has 2 heterocycles. The Hall–Kier alpha value is -2.84. The Morgan fingerprint density at radius 3 is 2.86 bits per heavy atom. The fourth-order valence-electron chi connectivity index (χ4n) is 2.87. The van der Waals surface area contributed by atoms with Crippen LogP contribution in [-0.4, -0.2) is 30.0 Å². The summed E-state index contributed by atoms with van der Waals surface area (Å²) in [4.78, 5) is 28.1. The lowest BCUT2D eigenvalue weighted by Gasteiger charge is -2.11. The fourth-order valence-corrected chi connectivity index (χ4v) is 4.08. The van der Waals surface area contributed by atoms with E-state index in [9.17, 15) is 9.59 Å². The predicted octanol–water partition coefficient (Wildman–Crippen LogP) is 3.39. The van der Waals surface area contributed by atoms with Crippen LogP contribution in [0.3, 0.4) is 0 Å². The first kappa shape index (κ1) is 18.5. The lowest BCUT2D eigenvalue weighted by molar-refractivity contribution is -0.115. The van der Waals surface area contributed by atoms with Gasteiger partial charge in [-0.2, -0.15) is 0 Å². The summed E-state index contributed by atoms with van der Waals surface area (Å²) in [7, 11) is 0. The summed E-state index contributed by atoms with van der Waals surface area (Å²) in [5.41, 5.74) is 7.09. The van der Waals surface area contributed by atoms with Crippen LogP contribution in [0.1, 0.15) is 22.3 Å². The summed E-state index contributed by atoms with van der Waals surface area (Å²) >= 11 is 7.55. The molecule has 9 heteroatoms. The number of nitrogens with two attached hydrogens (primary N) is 1. The van der Waals surface area contributed by atoms with Crippen molar-refractivity contribution in [2.24, 2.45) is 5.73 Å². The number of anilines is 1. The first-order valence-corrected chi connectivity index (χ1v) is 9.77. The predicted molar refractivity (Wildman–Crippen MR) is 108 cm³/mol. The van der Waals surface area contributed by atoms with Gasteiger partial charge in [-0.05, 0) is 35.9 Å². The van der Waals surface area contributed by atoms with Crippen LogP contribution >= 0.6 is 22.9 Å². The van der Waals surface area contributed by atoms with E-state index in [1.807, 2.05) is 0 Å². The van der Waals surface area contributed by atoms with Crippen molar-refractivity contribution >= 4 is 50.1 Å². The molecule has 0 spiro atoms. The normalized spacial score (nSPS) is 13.2. The highest BCUT2D eigenvalue weighted by Gasteiger charge is 2.17. The van der Waals surface area contributed by atoms with Gasteiger partial charge in [0, 0.05) is 12.0 Å². The SMILES string of the molecule is NC(=O)c1ccc2nc(NC(=O)Cc3cc(Cl)c4c(c3)OCCCO4)sc2c1. The molecule has 1 aromatic heterocycles. The minimum absolute atomic E-state index is 0.110. The van der Waals surface area contributed by atoms with Crippen molar-refractivity contribution in [1.82, 2.24) is 4.98 Å². The minimum atomic E-state index is -0.507. The summed E-state index contributed by atoms with van der Waals surface area (Å²) in [6.07, 6.45) is 0.884. The molecule has 144 valence electrons. The van der Waals surface area contributed by atoms with Crippen molar-refractivity contribution in [2.45, 2.75) is 12.8 Å². The van der Waals surface area contributed by atoms with Gasteiger partial charge in [0.05, 0.1) is 34.9 Å². The molecule has 0 fully saturated rings. The number of nitrogens with zero attached hydrogens (tertiary/aromatic N) is 1. The number of carbonyl (C=O) groups excluding carboxylic acids is 2. The van der Waals surface area contributed by atoms with E-state index in [0.29, 0.717) is 51.5 Å². The van der Waals surface area contributed by atoms with Crippen molar-refractivity contribution in [3.8, 4) is 11.5 Å². The third-order valence-electron chi connectivity index (χ3n) is 4.15. The maximum absolute atomic E-state index is 12.4. The first-order valence-electron chi connectivity index (χ1n) is 8.58. The average molecular weight is 418 g/mol. The van der Waals surface area contributed by atoms with Crippen molar-refractivity contribution < 1.29 is 19.1 Å². The highest BCUT2D eigenvalue weighted by atomic mass is 35.5. The maximum Gasteiger partial charge on any atom is 0.248 e. The molecule has 2 amide bonds. The second-order valence-electron chi connectivity index (χ2n) is 6.25. The molecule has 0 saturated carbocycles. The third-order valence-corrected chi connectivity index (χ3v) is 5.36. The van der Waals surface area contributed by atoms with Crippen LogP contribution in [-0.2, 0) is 11.2 Å². The molecule has 7 nitrogen and oxygen atoms in total. The van der Waals surface area contributed by atoms with Crippen LogP contribution in [0.5, 0.6) is 11.5 Å². The van der Waals surface area contributed by atoms with E-state index in [1.165, 1.54) is 11.3 Å². The molecule has 0 bridgehead atoms. The monoisotopic (exact) mass is 417 g/mol. The summed E-state index contributed by atoms with van der Waals surface area (Å²) < 4.78 is 12.0. The lowest BCUT2D eigenvalue weighted by atomic mass is 10.1. The molecule has 0 unspecified atom stereocenters. The molecular weight excluding hydrogens is 402 g/mol. The van der Waals surface area contributed by atoms with Crippen LogP contribution in [0, 0.1) is 0 Å². The number of primary amides is 1. The molecule has 28 heavy (non-hydrogen) atoms. The topological polar surface area (TPSA) is 104 Å². The summed E-state index contributed by atoms with van der Waals surface area (Å²) in [5, 5.41) is 3.64. The van der Waals surface area contributed by atoms with Gasteiger partial charge in [-0.25, -0.2) is 4.98 Å². The first-order chi connectivity index (χ1) is 13.5. The van der Waals surface area contributed by atoms with Gasteiger partial charge in [0.2, 0.25) is 11.8 Å². The van der Waals surface area contributed by atoms with Crippen LogP contribution < -0.4 is 20.5 Å². The number of nitrogens with one attached hydrogen (secondary N) is 1. The van der Waals surface area contributed by atoms with Gasteiger partial charge in [0.15, 0.2) is 16.6 Å². The smallest absolute Gasteiger partial charge is 0.248 e. The number of ether oxygens (including phenoxy) is 2. The number of hydrogen-bond acceptors (Lipinski definition) is 6. The Morgan fingerprint density at radius 1 is 1.21 bits per heavy atom. The Bertz CT molecular complexity index is 1080. The number of hydrogen-bond donors (Lipinski definition) is 2. The Labute approximate surface area is 169 Å². The summed E-state index contributed by atoms with van der Waals surface area (Å²) in [5.74, 6) is 0.318. The van der Waals surface area contributed by atoms with E-state index in [1.54, 1.807) is 30.3 Å². The third kappa shape index (κ3) is 3.88. The Kier molecular flexibility index (Phi) is 5.06. The average Bonchev–Trinajstić information content (AvgIpc) is 2.87. The number of fused-ring (bicyclic) bond motifs is 2. The van der Waals surface area contributed by atoms with Crippen molar-refractivity contribution in [1.29, 1.82) is 0 Å². The van der Waals surface area contributed by atoms with Gasteiger partial charge >= 0.3 is 0 Å². The molecule has 0 saturated heterocycles.